The molecule has 5 heteroatoms. The molecule has 0 aliphatic heterocycles. The Morgan fingerprint density at radius 2 is 1.76 bits per heavy atom. The summed E-state index contributed by atoms with van der Waals surface area (Å²) in [5.41, 5.74) is 5.08. The van der Waals surface area contributed by atoms with Crippen LogP contribution >= 0.6 is 0 Å². The first kappa shape index (κ1) is 18.6. The summed E-state index contributed by atoms with van der Waals surface area (Å²) in [6, 6.07) is 25.3. The number of nitrogens with zero attached hydrogens (tertiary/aromatic N) is 2. The van der Waals surface area contributed by atoms with Gasteiger partial charge >= 0.3 is 0 Å². The fourth-order valence-corrected chi connectivity index (χ4v) is 3.32. The number of benzene rings is 2. The van der Waals surface area contributed by atoms with Gasteiger partial charge in [-0.25, -0.2) is 0 Å². The number of aromatic amines is 1. The second-order valence-corrected chi connectivity index (χ2v) is 6.98. The molecule has 1 atom stereocenters. The first-order chi connectivity index (χ1) is 14.2. The smallest absolute Gasteiger partial charge is 0.252 e. The summed E-state index contributed by atoms with van der Waals surface area (Å²) in [7, 11) is 0. The lowest BCUT2D eigenvalue weighted by molar-refractivity contribution is 0.0940. The van der Waals surface area contributed by atoms with E-state index in [2.05, 4.69) is 20.5 Å². The number of aromatic nitrogens is 3. The molecule has 1 unspecified atom stereocenters. The lowest BCUT2D eigenvalue weighted by Crippen LogP contribution is -2.34. The number of rotatable bonds is 6. The molecule has 0 aliphatic rings. The topological polar surface area (TPSA) is 70.7 Å². The van der Waals surface area contributed by atoms with E-state index in [1.807, 2.05) is 85.8 Å². The number of pyridine rings is 1. The van der Waals surface area contributed by atoms with Gasteiger partial charge in [0.2, 0.25) is 0 Å². The second kappa shape index (κ2) is 8.52. The van der Waals surface area contributed by atoms with Crippen LogP contribution in [0.3, 0.4) is 0 Å². The number of carbonyl (C=O) groups is 1. The summed E-state index contributed by atoms with van der Waals surface area (Å²) in [4.78, 5) is 17.3. The van der Waals surface area contributed by atoms with Crippen molar-refractivity contribution in [2.45, 2.75) is 19.4 Å². The van der Waals surface area contributed by atoms with Crippen LogP contribution in [0.15, 0.2) is 85.1 Å². The van der Waals surface area contributed by atoms with Crippen molar-refractivity contribution in [3.63, 3.8) is 0 Å². The summed E-state index contributed by atoms with van der Waals surface area (Å²) in [5, 5.41) is 10.6. The Balaban J connectivity index is 1.54. The molecule has 2 aromatic heterocycles. The van der Waals surface area contributed by atoms with Crippen LogP contribution in [0.4, 0.5) is 0 Å². The van der Waals surface area contributed by atoms with Crippen molar-refractivity contribution >= 4 is 5.91 Å². The minimum absolute atomic E-state index is 0.0351. The molecule has 4 rings (SSSR count). The maximum atomic E-state index is 13.0. The van der Waals surface area contributed by atoms with Gasteiger partial charge < -0.3 is 5.32 Å². The van der Waals surface area contributed by atoms with Crippen molar-refractivity contribution < 1.29 is 4.79 Å². The molecule has 29 heavy (non-hydrogen) atoms. The molecule has 0 saturated carbocycles. The van der Waals surface area contributed by atoms with E-state index >= 15 is 0 Å². The molecule has 144 valence electrons. The largest absolute Gasteiger partial charge is 0.349 e. The fraction of sp³-hybridized carbons (Fsp3) is 0.125. The van der Waals surface area contributed by atoms with Crippen molar-refractivity contribution in [3.05, 3.63) is 96.3 Å². The zero-order valence-electron chi connectivity index (χ0n) is 16.2. The van der Waals surface area contributed by atoms with Gasteiger partial charge in [0, 0.05) is 41.0 Å². The third-order valence-electron chi connectivity index (χ3n) is 4.73. The lowest BCUT2D eigenvalue weighted by Gasteiger charge is -2.15. The fourth-order valence-electron chi connectivity index (χ4n) is 3.32. The molecule has 0 spiro atoms. The Bertz CT molecular complexity index is 1090. The molecule has 0 radical (unpaired) electrons. The molecule has 2 N–H and O–H groups in total. The van der Waals surface area contributed by atoms with Crippen LogP contribution in [-0.4, -0.2) is 27.1 Å². The van der Waals surface area contributed by atoms with E-state index in [0.29, 0.717) is 12.0 Å². The molecule has 0 fully saturated rings. The molecule has 5 nitrogen and oxygen atoms in total. The summed E-state index contributed by atoms with van der Waals surface area (Å²) in [5.74, 6) is -0.111. The Morgan fingerprint density at radius 3 is 2.55 bits per heavy atom. The molecule has 0 bridgehead atoms. The van der Waals surface area contributed by atoms with E-state index in [0.717, 1.165) is 28.2 Å². The van der Waals surface area contributed by atoms with Crippen molar-refractivity contribution in [1.82, 2.24) is 20.5 Å². The monoisotopic (exact) mass is 382 g/mol. The van der Waals surface area contributed by atoms with E-state index in [9.17, 15) is 4.79 Å². The standard InChI is InChI=1S/C24H22N4O/c1-17(15-19-11-7-8-14-25-19)26-24(29)21-13-6-5-12-20(21)23-16-22(27-28-23)18-9-3-2-4-10-18/h2-14,16-17H,15H2,1H3,(H,26,29)(H,27,28). The van der Waals surface area contributed by atoms with Crippen molar-refractivity contribution in [2.24, 2.45) is 0 Å². The molecule has 2 aromatic carbocycles. The number of carbonyl (C=O) groups excluding carboxylic acids is 1. The van der Waals surface area contributed by atoms with Crippen molar-refractivity contribution in [1.29, 1.82) is 0 Å². The zero-order valence-corrected chi connectivity index (χ0v) is 16.2. The Morgan fingerprint density at radius 1 is 1.00 bits per heavy atom. The Hall–Kier alpha value is -3.73. The van der Waals surface area contributed by atoms with Crippen LogP contribution in [0.25, 0.3) is 22.5 Å². The average molecular weight is 382 g/mol. The second-order valence-electron chi connectivity index (χ2n) is 6.98. The lowest BCUT2D eigenvalue weighted by atomic mass is 10.0. The third-order valence-corrected chi connectivity index (χ3v) is 4.73. The highest BCUT2D eigenvalue weighted by Crippen LogP contribution is 2.26. The van der Waals surface area contributed by atoms with Gasteiger partial charge in [0.05, 0.1) is 11.4 Å². The molecule has 0 saturated heterocycles. The molecule has 1 amide bonds. The number of hydrogen-bond donors (Lipinski definition) is 2. The highest BCUT2D eigenvalue weighted by molar-refractivity contribution is 6.00. The van der Waals surface area contributed by atoms with Gasteiger partial charge in [0.25, 0.3) is 5.91 Å². The molecular weight excluding hydrogens is 360 g/mol. The molecular formula is C24H22N4O. The first-order valence-electron chi connectivity index (χ1n) is 9.62. The normalized spacial score (nSPS) is 11.8. The van der Waals surface area contributed by atoms with Crippen molar-refractivity contribution in [3.8, 4) is 22.5 Å². The quantitative estimate of drug-likeness (QED) is 0.516. The highest BCUT2D eigenvalue weighted by Gasteiger charge is 2.17. The zero-order chi connectivity index (χ0) is 20.1. The Labute approximate surface area is 169 Å². The van der Waals surface area contributed by atoms with Gasteiger partial charge in [-0.05, 0) is 31.2 Å². The van der Waals surface area contributed by atoms with E-state index in [1.165, 1.54) is 0 Å². The summed E-state index contributed by atoms with van der Waals surface area (Å²) >= 11 is 0. The number of hydrogen-bond acceptors (Lipinski definition) is 3. The summed E-state index contributed by atoms with van der Waals surface area (Å²) in [6.07, 6.45) is 2.44. The van der Waals surface area contributed by atoms with Crippen LogP contribution in [0.2, 0.25) is 0 Å². The SMILES string of the molecule is CC(Cc1ccccn1)NC(=O)c1ccccc1-c1cc(-c2ccccc2)n[nH]1. The van der Waals surface area contributed by atoms with Crippen LogP contribution in [0, 0.1) is 0 Å². The first-order valence-corrected chi connectivity index (χ1v) is 9.62. The Kier molecular flexibility index (Phi) is 5.47. The maximum Gasteiger partial charge on any atom is 0.252 e. The number of amides is 1. The van der Waals surface area contributed by atoms with Crippen LogP contribution in [0.5, 0.6) is 0 Å². The summed E-state index contributed by atoms with van der Waals surface area (Å²) in [6.45, 7) is 1.99. The predicted octanol–water partition coefficient (Wildman–Crippen LogP) is 4.50. The van der Waals surface area contributed by atoms with Crippen LogP contribution < -0.4 is 5.32 Å². The maximum absolute atomic E-state index is 13.0. The van der Waals surface area contributed by atoms with Gasteiger partial charge in [-0.15, -0.1) is 0 Å². The minimum atomic E-state index is -0.111. The van der Waals surface area contributed by atoms with E-state index in [-0.39, 0.29) is 11.9 Å². The van der Waals surface area contributed by atoms with Gasteiger partial charge in [-0.2, -0.15) is 5.10 Å². The van der Waals surface area contributed by atoms with E-state index in [4.69, 9.17) is 0 Å². The number of H-pyrrole nitrogens is 1. The van der Waals surface area contributed by atoms with E-state index < -0.39 is 0 Å². The predicted molar refractivity (Wildman–Crippen MR) is 114 cm³/mol. The van der Waals surface area contributed by atoms with Gasteiger partial charge in [-0.1, -0.05) is 54.6 Å². The van der Waals surface area contributed by atoms with Crippen LogP contribution in [0.1, 0.15) is 23.0 Å². The van der Waals surface area contributed by atoms with Crippen molar-refractivity contribution in [2.75, 3.05) is 0 Å². The third kappa shape index (κ3) is 4.41. The molecule has 2 heterocycles. The average Bonchev–Trinajstić information content (AvgIpc) is 3.25. The molecule has 0 aliphatic carbocycles. The van der Waals surface area contributed by atoms with Crippen LogP contribution in [-0.2, 0) is 6.42 Å². The van der Waals surface area contributed by atoms with Gasteiger partial charge in [0.1, 0.15) is 0 Å². The minimum Gasteiger partial charge on any atom is -0.349 e. The van der Waals surface area contributed by atoms with Gasteiger partial charge in [0.15, 0.2) is 0 Å². The van der Waals surface area contributed by atoms with E-state index in [1.54, 1.807) is 6.20 Å². The highest BCUT2D eigenvalue weighted by atomic mass is 16.1. The number of nitrogens with one attached hydrogen (secondary N) is 2. The molecule has 4 aromatic rings. The van der Waals surface area contributed by atoms with Gasteiger partial charge in [-0.3, -0.25) is 14.9 Å². The summed E-state index contributed by atoms with van der Waals surface area (Å²) < 4.78 is 0.